The fourth-order valence-corrected chi connectivity index (χ4v) is 0.962. The molecule has 0 saturated carbocycles. The van der Waals surface area contributed by atoms with Gasteiger partial charge in [0.2, 0.25) is 0 Å². The van der Waals surface area contributed by atoms with Gasteiger partial charge in [0.25, 0.3) is 0 Å². The van der Waals surface area contributed by atoms with Gasteiger partial charge < -0.3 is 10.8 Å². The van der Waals surface area contributed by atoms with Gasteiger partial charge in [0.15, 0.2) is 0 Å². The van der Waals surface area contributed by atoms with Crippen LogP contribution < -0.4 is 5.73 Å². The summed E-state index contributed by atoms with van der Waals surface area (Å²) < 4.78 is 12.1. The molecule has 3 N–H and O–H groups in total. The maximum absolute atomic E-state index is 12.1. The van der Waals surface area contributed by atoms with Crippen LogP contribution >= 0.6 is 0 Å². The molecule has 70 valence electrons. The van der Waals surface area contributed by atoms with Crippen LogP contribution in [-0.4, -0.2) is 17.8 Å². The average Bonchev–Trinajstić information content (AvgIpc) is 2.17. The summed E-state index contributed by atoms with van der Waals surface area (Å²) in [5.74, 6) is -1.000. The number of aromatic carboxylic acids is 1. The van der Waals surface area contributed by atoms with E-state index in [0.29, 0.717) is 5.56 Å². The van der Waals surface area contributed by atoms with Gasteiger partial charge in [-0.15, -0.1) is 0 Å². The highest BCUT2D eigenvalue weighted by Crippen LogP contribution is 2.11. The van der Waals surface area contributed by atoms with E-state index in [2.05, 4.69) is 0 Å². The molecule has 0 heterocycles. The van der Waals surface area contributed by atoms with Crippen LogP contribution in [0.4, 0.5) is 4.39 Å². The van der Waals surface area contributed by atoms with Crippen LogP contribution in [0.25, 0.3) is 0 Å². The molecule has 13 heavy (non-hydrogen) atoms. The van der Waals surface area contributed by atoms with Gasteiger partial charge >= 0.3 is 5.97 Å². The van der Waals surface area contributed by atoms with E-state index in [1.54, 1.807) is 0 Å². The molecule has 0 unspecified atom stereocenters. The Morgan fingerprint density at radius 1 is 1.46 bits per heavy atom. The highest BCUT2D eigenvalue weighted by atomic mass is 19.1. The molecule has 0 aliphatic rings. The minimum atomic E-state index is -1.000. The monoisotopic (exact) mass is 183 g/mol. The van der Waals surface area contributed by atoms with Crippen LogP contribution in [0, 0.1) is 0 Å². The van der Waals surface area contributed by atoms with E-state index in [0.717, 1.165) is 0 Å². The summed E-state index contributed by atoms with van der Waals surface area (Å²) in [4.78, 5) is 10.4. The van der Waals surface area contributed by atoms with Crippen molar-refractivity contribution in [2.75, 3.05) is 6.67 Å². The first kappa shape index (κ1) is 9.67. The number of carboxylic acid groups (broad SMARTS) is 1. The zero-order chi connectivity index (χ0) is 9.84. The van der Waals surface area contributed by atoms with Crippen molar-refractivity contribution in [3.63, 3.8) is 0 Å². The molecule has 0 bridgehead atoms. The van der Waals surface area contributed by atoms with Crippen molar-refractivity contribution in [2.45, 2.75) is 6.04 Å². The van der Waals surface area contributed by atoms with E-state index in [1.807, 2.05) is 0 Å². The Labute approximate surface area is 75.0 Å². The third-order valence-electron chi connectivity index (χ3n) is 1.75. The lowest BCUT2D eigenvalue weighted by Crippen LogP contribution is -2.12. The van der Waals surface area contributed by atoms with Crippen LogP contribution in [0.2, 0.25) is 0 Å². The third-order valence-corrected chi connectivity index (χ3v) is 1.75. The van der Waals surface area contributed by atoms with Gasteiger partial charge in [-0.2, -0.15) is 0 Å². The second-order valence-electron chi connectivity index (χ2n) is 2.69. The number of hydrogen-bond donors (Lipinski definition) is 2. The second-order valence-corrected chi connectivity index (χ2v) is 2.69. The van der Waals surface area contributed by atoms with Crippen molar-refractivity contribution in [2.24, 2.45) is 5.73 Å². The van der Waals surface area contributed by atoms with E-state index in [1.165, 1.54) is 24.3 Å². The molecule has 1 atom stereocenters. The molecule has 4 heteroatoms. The minimum absolute atomic E-state index is 0.176. The average molecular weight is 183 g/mol. The number of carbonyl (C=O) groups is 1. The van der Waals surface area contributed by atoms with Crippen LogP contribution in [-0.2, 0) is 0 Å². The minimum Gasteiger partial charge on any atom is -0.478 e. The van der Waals surface area contributed by atoms with E-state index in [-0.39, 0.29) is 5.56 Å². The Kier molecular flexibility index (Phi) is 2.97. The van der Waals surface area contributed by atoms with E-state index < -0.39 is 18.7 Å². The predicted octanol–water partition coefficient (Wildman–Crippen LogP) is 1.35. The zero-order valence-corrected chi connectivity index (χ0v) is 6.90. The summed E-state index contributed by atoms with van der Waals surface area (Å²) in [6, 6.07) is 5.20. The van der Waals surface area contributed by atoms with Gasteiger partial charge in [-0.1, -0.05) is 12.1 Å². The molecule has 0 aromatic heterocycles. The smallest absolute Gasteiger partial charge is 0.335 e. The molecule has 0 radical (unpaired) electrons. The topological polar surface area (TPSA) is 63.3 Å². The molecule has 0 amide bonds. The summed E-state index contributed by atoms with van der Waals surface area (Å²) >= 11 is 0. The molecule has 3 nitrogen and oxygen atoms in total. The molecule has 0 aliphatic carbocycles. The SMILES string of the molecule is N[C@@H](CF)c1ccc(C(=O)O)cc1. The number of carboxylic acids is 1. The number of hydrogen-bond acceptors (Lipinski definition) is 2. The largest absolute Gasteiger partial charge is 0.478 e. The van der Waals surface area contributed by atoms with Crippen molar-refractivity contribution in [1.82, 2.24) is 0 Å². The number of halogens is 1. The fourth-order valence-electron chi connectivity index (χ4n) is 0.962. The molecule has 0 saturated heterocycles. The Bertz CT molecular complexity index is 297. The zero-order valence-electron chi connectivity index (χ0n) is 6.90. The first-order valence-electron chi connectivity index (χ1n) is 3.80. The molecular weight excluding hydrogens is 173 g/mol. The quantitative estimate of drug-likeness (QED) is 0.743. The number of nitrogens with two attached hydrogens (primary N) is 1. The van der Waals surface area contributed by atoms with Crippen molar-refractivity contribution < 1.29 is 14.3 Å². The Morgan fingerprint density at radius 3 is 2.38 bits per heavy atom. The summed E-state index contributed by atoms with van der Waals surface area (Å²) in [5, 5.41) is 8.57. The van der Waals surface area contributed by atoms with Crippen LogP contribution in [0.3, 0.4) is 0 Å². The van der Waals surface area contributed by atoms with E-state index in [4.69, 9.17) is 10.8 Å². The molecule has 1 aromatic carbocycles. The summed E-state index contributed by atoms with van der Waals surface area (Å²) in [7, 11) is 0. The van der Waals surface area contributed by atoms with Crippen molar-refractivity contribution in [3.8, 4) is 0 Å². The van der Waals surface area contributed by atoms with Crippen molar-refractivity contribution in [1.29, 1.82) is 0 Å². The summed E-state index contributed by atoms with van der Waals surface area (Å²) in [6.07, 6.45) is 0. The van der Waals surface area contributed by atoms with Gasteiger partial charge in [0.1, 0.15) is 6.67 Å². The predicted molar refractivity (Wildman–Crippen MR) is 46.3 cm³/mol. The van der Waals surface area contributed by atoms with Gasteiger partial charge in [0.05, 0.1) is 11.6 Å². The fraction of sp³-hybridized carbons (Fsp3) is 0.222. The first-order chi connectivity index (χ1) is 6.15. The highest BCUT2D eigenvalue weighted by molar-refractivity contribution is 5.87. The number of alkyl halides is 1. The number of benzene rings is 1. The molecule has 1 rings (SSSR count). The van der Waals surface area contributed by atoms with Crippen molar-refractivity contribution >= 4 is 5.97 Å². The normalized spacial score (nSPS) is 12.5. The van der Waals surface area contributed by atoms with E-state index in [9.17, 15) is 9.18 Å². The summed E-state index contributed by atoms with van der Waals surface area (Å²) in [6.45, 7) is -0.646. The van der Waals surface area contributed by atoms with Crippen molar-refractivity contribution in [3.05, 3.63) is 35.4 Å². The van der Waals surface area contributed by atoms with E-state index >= 15 is 0 Å². The van der Waals surface area contributed by atoms with Gasteiger partial charge in [-0.25, -0.2) is 9.18 Å². The standard InChI is InChI=1S/C9H10FNO2/c10-5-8(11)6-1-3-7(4-2-6)9(12)13/h1-4,8H,5,11H2,(H,12,13)/t8-/m0/s1. The van der Waals surface area contributed by atoms with Crippen LogP contribution in [0.1, 0.15) is 22.0 Å². The maximum atomic E-state index is 12.1. The van der Waals surface area contributed by atoms with Gasteiger partial charge in [-0.05, 0) is 17.7 Å². The first-order valence-corrected chi connectivity index (χ1v) is 3.80. The third kappa shape index (κ3) is 2.26. The second kappa shape index (κ2) is 4.00. The molecular formula is C9H10FNO2. The van der Waals surface area contributed by atoms with Gasteiger partial charge in [0, 0.05) is 0 Å². The van der Waals surface area contributed by atoms with Crippen LogP contribution in [0.15, 0.2) is 24.3 Å². The lowest BCUT2D eigenvalue weighted by Gasteiger charge is -2.06. The maximum Gasteiger partial charge on any atom is 0.335 e. The Morgan fingerprint density at radius 2 is 2.00 bits per heavy atom. The summed E-state index contributed by atoms with van der Waals surface area (Å²) in [5.41, 5.74) is 6.18. The molecule has 0 fully saturated rings. The Hall–Kier alpha value is -1.42. The Balaban J connectivity index is 2.87. The highest BCUT2D eigenvalue weighted by Gasteiger charge is 2.06. The molecule has 1 aromatic rings. The number of rotatable bonds is 3. The van der Waals surface area contributed by atoms with Gasteiger partial charge in [-0.3, -0.25) is 0 Å². The molecule has 0 aliphatic heterocycles. The lowest BCUT2D eigenvalue weighted by atomic mass is 10.1. The lowest BCUT2D eigenvalue weighted by molar-refractivity contribution is 0.0697. The molecule has 0 spiro atoms. The van der Waals surface area contributed by atoms with Crippen LogP contribution in [0.5, 0.6) is 0 Å².